The summed E-state index contributed by atoms with van der Waals surface area (Å²) in [5.74, 6) is 1.42. The van der Waals surface area contributed by atoms with Gasteiger partial charge < -0.3 is 10.6 Å². The van der Waals surface area contributed by atoms with Gasteiger partial charge in [-0.2, -0.15) is 0 Å². The summed E-state index contributed by atoms with van der Waals surface area (Å²) in [6.45, 7) is 6.02. The fraction of sp³-hybridized carbons (Fsp3) is 0.429. The first-order chi connectivity index (χ1) is 9.56. The minimum Gasteiger partial charge on any atom is -0.393 e. The Kier molecular flexibility index (Phi) is 4.79. The molecule has 20 heavy (non-hydrogen) atoms. The van der Waals surface area contributed by atoms with Crippen LogP contribution in [0.5, 0.6) is 0 Å². The molecule has 5 nitrogen and oxygen atoms in total. The fourth-order valence-electron chi connectivity index (χ4n) is 2.01. The van der Waals surface area contributed by atoms with E-state index in [-0.39, 0.29) is 0 Å². The van der Waals surface area contributed by atoms with E-state index in [0.29, 0.717) is 23.0 Å². The number of nitrogens with two attached hydrogens (primary N) is 1. The Labute approximate surface area is 124 Å². The Morgan fingerprint density at radius 2 is 2.05 bits per heavy atom. The monoisotopic (exact) mass is 289 g/mol. The van der Waals surface area contributed by atoms with E-state index < -0.39 is 0 Å². The predicted molar refractivity (Wildman–Crippen MR) is 85.8 cm³/mol. The fourth-order valence-corrected chi connectivity index (χ4v) is 2.10. The molecule has 0 aromatic carbocycles. The van der Waals surface area contributed by atoms with Gasteiger partial charge in [0.25, 0.3) is 0 Å². The predicted octanol–water partition coefficient (Wildman–Crippen LogP) is 2.16. The summed E-state index contributed by atoms with van der Waals surface area (Å²) in [5.41, 5.74) is 7.06. The maximum Gasteiger partial charge on any atom is 0.180 e. The lowest BCUT2D eigenvalue weighted by molar-refractivity contribution is 0.610. The van der Waals surface area contributed by atoms with Gasteiger partial charge >= 0.3 is 0 Å². The Hall–Kier alpha value is -1.82. The zero-order valence-corrected chi connectivity index (χ0v) is 12.6. The van der Waals surface area contributed by atoms with Gasteiger partial charge in [-0.3, -0.25) is 4.98 Å². The zero-order valence-electron chi connectivity index (χ0n) is 11.8. The summed E-state index contributed by atoms with van der Waals surface area (Å²) < 4.78 is 0. The van der Waals surface area contributed by atoms with Crippen molar-refractivity contribution in [1.82, 2.24) is 15.0 Å². The van der Waals surface area contributed by atoms with Crippen molar-refractivity contribution in [3.8, 4) is 0 Å². The number of nitrogens with zero attached hydrogens (tertiary/aromatic N) is 4. The van der Waals surface area contributed by atoms with Gasteiger partial charge in [0.05, 0.1) is 4.99 Å². The maximum absolute atomic E-state index is 5.60. The van der Waals surface area contributed by atoms with Crippen LogP contribution in [0.1, 0.15) is 20.3 Å². The van der Waals surface area contributed by atoms with E-state index in [0.717, 1.165) is 24.4 Å². The molecule has 0 saturated heterocycles. The second-order valence-electron chi connectivity index (χ2n) is 5.12. The molecule has 0 saturated carbocycles. The van der Waals surface area contributed by atoms with Crippen LogP contribution in [-0.4, -0.2) is 33.0 Å². The summed E-state index contributed by atoms with van der Waals surface area (Å²) in [4.78, 5) is 15.8. The third-order valence-corrected chi connectivity index (χ3v) is 3.06. The first-order valence-corrected chi connectivity index (χ1v) is 7.08. The standard InChI is InChI=1S/C14H19N5S/c1-10(2)9-19(8-5-12(15)20)13-4-3-11-14(18-13)17-7-6-16-11/h3-4,6-7,10H,5,8-9H2,1-2H3,(H2,15,20). The minimum atomic E-state index is 0.527. The highest BCUT2D eigenvalue weighted by Crippen LogP contribution is 2.16. The molecule has 6 heteroatoms. The van der Waals surface area contributed by atoms with Gasteiger partial charge in [-0.15, -0.1) is 0 Å². The van der Waals surface area contributed by atoms with E-state index in [1.54, 1.807) is 12.4 Å². The van der Waals surface area contributed by atoms with Crippen LogP contribution >= 0.6 is 12.2 Å². The third-order valence-electron chi connectivity index (χ3n) is 2.85. The molecule has 0 aliphatic rings. The van der Waals surface area contributed by atoms with Gasteiger partial charge in [0.1, 0.15) is 11.3 Å². The minimum absolute atomic E-state index is 0.527. The first-order valence-electron chi connectivity index (χ1n) is 6.67. The van der Waals surface area contributed by atoms with Gasteiger partial charge in [0.15, 0.2) is 5.65 Å². The average molecular weight is 289 g/mol. The molecule has 0 spiro atoms. The molecule has 0 atom stereocenters. The molecule has 2 aromatic rings. The number of hydrogen-bond donors (Lipinski definition) is 1. The largest absolute Gasteiger partial charge is 0.393 e. The SMILES string of the molecule is CC(C)CN(CCC(N)=S)c1ccc2nccnc2n1. The van der Waals surface area contributed by atoms with Crippen LogP contribution in [0.15, 0.2) is 24.5 Å². The number of thiocarbonyl (C=S) groups is 1. The number of hydrogen-bond acceptors (Lipinski definition) is 5. The van der Waals surface area contributed by atoms with E-state index in [2.05, 4.69) is 33.7 Å². The quantitative estimate of drug-likeness (QED) is 0.822. The second-order valence-corrected chi connectivity index (χ2v) is 5.65. The molecule has 2 aromatic heterocycles. The van der Waals surface area contributed by atoms with Crippen LogP contribution < -0.4 is 10.6 Å². The molecule has 0 radical (unpaired) electrons. The van der Waals surface area contributed by atoms with Crippen molar-refractivity contribution in [2.24, 2.45) is 11.7 Å². The van der Waals surface area contributed by atoms with Gasteiger partial charge in [-0.05, 0) is 18.1 Å². The maximum atomic E-state index is 5.60. The van der Waals surface area contributed by atoms with Gasteiger partial charge in [-0.25, -0.2) is 9.97 Å². The number of rotatable bonds is 6. The summed E-state index contributed by atoms with van der Waals surface area (Å²) in [6.07, 6.45) is 4.01. The van der Waals surface area contributed by atoms with E-state index in [1.165, 1.54) is 0 Å². The van der Waals surface area contributed by atoms with E-state index in [1.807, 2.05) is 12.1 Å². The van der Waals surface area contributed by atoms with Crippen molar-refractivity contribution in [2.45, 2.75) is 20.3 Å². The summed E-state index contributed by atoms with van der Waals surface area (Å²) in [5, 5.41) is 0. The second kappa shape index (κ2) is 6.56. The number of fused-ring (bicyclic) bond motifs is 1. The molecule has 0 unspecified atom stereocenters. The van der Waals surface area contributed by atoms with Crippen LogP contribution in [-0.2, 0) is 0 Å². The molecule has 106 valence electrons. The molecule has 2 rings (SSSR count). The summed E-state index contributed by atoms with van der Waals surface area (Å²) in [6, 6.07) is 3.91. The summed E-state index contributed by atoms with van der Waals surface area (Å²) in [7, 11) is 0. The Balaban J connectivity index is 2.26. The van der Waals surface area contributed by atoms with Gasteiger partial charge in [0, 0.05) is 31.9 Å². The third kappa shape index (κ3) is 3.84. The highest BCUT2D eigenvalue weighted by atomic mass is 32.1. The van der Waals surface area contributed by atoms with Crippen molar-refractivity contribution in [3.63, 3.8) is 0 Å². The highest BCUT2D eigenvalue weighted by molar-refractivity contribution is 7.80. The molecular weight excluding hydrogens is 270 g/mol. The van der Waals surface area contributed by atoms with Crippen LogP contribution in [0.3, 0.4) is 0 Å². The number of pyridine rings is 1. The van der Waals surface area contributed by atoms with Crippen LogP contribution in [0, 0.1) is 5.92 Å². The smallest absolute Gasteiger partial charge is 0.180 e. The molecule has 0 bridgehead atoms. The van der Waals surface area contributed by atoms with Gasteiger partial charge in [-0.1, -0.05) is 26.1 Å². The topological polar surface area (TPSA) is 67.9 Å². The lowest BCUT2D eigenvalue weighted by Crippen LogP contribution is -2.31. The molecule has 0 aliphatic carbocycles. The van der Waals surface area contributed by atoms with Crippen molar-refractivity contribution in [3.05, 3.63) is 24.5 Å². The van der Waals surface area contributed by atoms with Crippen molar-refractivity contribution in [2.75, 3.05) is 18.0 Å². The van der Waals surface area contributed by atoms with Crippen molar-refractivity contribution < 1.29 is 0 Å². The van der Waals surface area contributed by atoms with E-state index in [9.17, 15) is 0 Å². The van der Waals surface area contributed by atoms with E-state index in [4.69, 9.17) is 18.0 Å². The molecule has 2 N–H and O–H groups in total. The number of anilines is 1. The normalized spacial score (nSPS) is 10.9. The first kappa shape index (κ1) is 14.6. The average Bonchev–Trinajstić information content (AvgIpc) is 2.42. The van der Waals surface area contributed by atoms with Crippen molar-refractivity contribution >= 4 is 34.2 Å². The molecule has 0 aliphatic heterocycles. The van der Waals surface area contributed by atoms with Crippen molar-refractivity contribution in [1.29, 1.82) is 0 Å². The van der Waals surface area contributed by atoms with Gasteiger partial charge in [0.2, 0.25) is 0 Å². The lowest BCUT2D eigenvalue weighted by atomic mass is 10.2. The van der Waals surface area contributed by atoms with Crippen LogP contribution in [0.25, 0.3) is 11.2 Å². The highest BCUT2D eigenvalue weighted by Gasteiger charge is 2.11. The Morgan fingerprint density at radius 1 is 1.30 bits per heavy atom. The lowest BCUT2D eigenvalue weighted by Gasteiger charge is -2.25. The summed E-state index contributed by atoms with van der Waals surface area (Å²) >= 11 is 4.96. The van der Waals surface area contributed by atoms with Crippen LogP contribution in [0.2, 0.25) is 0 Å². The Morgan fingerprint density at radius 3 is 2.75 bits per heavy atom. The Bertz CT molecular complexity index is 599. The molecule has 2 heterocycles. The molecule has 0 amide bonds. The zero-order chi connectivity index (χ0) is 14.5. The van der Waals surface area contributed by atoms with Crippen LogP contribution in [0.4, 0.5) is 5.82 Å². The molecular formula is C14H19N5S. The molecule has 0 fully saturated rings. The van der Waals surface area contributed by atoms with E-state index >= 15 is 0 Å². The number of aromatic nitrogens is 3.